The van der Waals surface area contributed by atoms with Gasteiger partial charge in [-0.15, -0.1) is 0 Å². The fraction of sp³-hybridized carbons (Fsp3) is 0.176. The lowest BCUT2D eigenvalue weighted by molar-refractivity contribution is -0.121. The first-order valence-corrected chi connectivity index (χ1v) is 6.76. The molecular formula is C17H18N2O2. The van der Waals surface area contributed by atoms with Crippen LogP contribution in [0.3, 0.4) is 0 Å². The maximum absolute atomic E-state index is 11.8. The molecule has 0 fully saturated rings. The second kappa shape index (κ2) is 6.70. The van der Waals surface area contributed by atoms with Gasteiger partial charge < -0.3 is 0 Å². The minimum atomic E-state index is -0.330. The summed E-state index contributed by atoms with van der Waals surface area (Å²) in [4.78, 5) is 23.6. The standard InChI is InChI=1S/C17H18N2O2/c1-12-8-9-14(10-13(12)2)11-16(20)18-19-17(21)15-6-4-3-5-7-15/h3-10H,11H2,1-2H3,(H,18,20)(H,19,21). The van der Waals surface area contributed by atoms with E-state index in [-0.39, 0.29) is 18.2 Å². The van der Waals surface area contributed by atoms with E-state index in [0.29, 0.717) is 5.56 Å². The normalized spacial score (nSPS) is 10.0. The van der Waals surface area contributed by atoms with Gasteiger partial charge in [0.25, 0.3) is 5.91 Å². The molecule has 0 radical (unpaired) electrons. The van der Waals surface area contributed by atoms with Gasteiger partial charge in [-0.05, 0) is 42.7 Å². The summed E-state index contributed by atoms with van der Waals surface area (Å²) in [6.45, 7) is 4.03. The molecule has 2 aromatic rings. The Balaban J connectivity index is 1.87. The molecule has 21 heavy (non-hydrogen) atoms. The minimum absolute atomic E-state index is 0.232. The number of amides is 2. The average Bonchev–Trinajstić information content (AvgIpc) is 2.49. The second-order valence-corrected chi connectivity index (χ2v) is 4.96. The molecule has 2 rings (SSSR count). The number of hydrogen-bond acceptors (Lipinski definition) is 2. The van der Waals surface area contributed by atoms with Crippen LogP contribution in [0.4, 0.5) is 0 Å². The number of carbonyl (C=O) groups is 2. The molecule has 108 valence electrons. The van der Waals surface area contributed by atoms with Crippen molar-refractivity contribution >= 4 is 11.8 Å². The molecule has 0 bridgehead atoms. The van der Waals surface area contributed by atoms with Crippen LogP contribution < -0.4 is 10.9 Å². The molecule has 0 saturated heterocycles. The lowest BCUT2D eigenvalue weighted by atomic mass is 10.0. The molecule has 2 aromatic carbocycles. The van der Waals surface area contributed by atoms with Crippen molar-refractivity contribution < 1.29 is 9.59 Å². The molecule has 0 aliphatic carbocycles. The third-order valence-electron chi connectivity index (χ3n) is 3.29. The maximum atomic E-state index is 11.8. The molecule has 0 unspecified atom stereocenters. The van der Waals surface area contributed by atoms with Crippen LogP contribution in [-0.4, -0.2) is 11.8 Å². The Kier molecular flexibility index (Phi) is 4.72. The van der Waals surface area contributed by atoms with Crippen LogP contribution in [0.5, 0.6) is 0 Å². The summed E-state index contributed by atoms with van der Waals surface area (Å²) in [7, 11) is 0. The highest BCUT2D eigenvalue weighted by molar-refractivity contribution is 5.95. The summed E-state index contributed by atoms with van der Waals surface area (Å²) in [6, 6.07) is 14.6. The molecular weight excluding hydrogens is 264 g/mol. The number of hydrogen-bond donors (Lipinski definition) is 2. The summed E-state index contributed by atoms with van der Waals surface area (Å²) in [5.74, 6) is -0.577. The fourth-order valence-corrected chi connectivity index (χ4v) is 1.93. The van der Waals surface area contributed by atoms with Gasteiger partial charge in [-0.1, -0.05) is 36.4 Å². The molecule has 2 amide bonds. The SMILES string of the molecule is Cc1ccc(CC(=O)NNC(=O)c2ccccc2)cc1C. The maximum Gasteiger partial charge on any atom is 0.269 e. The van der Waals surface area contributed by atoms with E-state index >= 15 is 0 Å². The van der Waals surface area contributed by atoms with E-state index in [2.05, 4.69) is 10.9 Å². The Hall–Kier alpha value is -2.62. The fourth-order valence-electron chi connectivity index (χ4n) is 1.93. The van der Waals surface area contributed by atoms with Crippen molar-refractivity contribution in [3.05, 3.63) is 70.8 Å². The first-order valence-electron chi connectivity index (χ1n) is 6.76. The number of rotatable bonds is 3. The smallest absolute Gasteiger partial charge is 0.269 e. The van der Waals surface area contributed by atoms with Crippen LogP contribution in [0.2, 0.25) is 0 Å². The van der Waals surface area contributed by atoms with Gasteiger partial charge in [0.2, 0.25) is 5.91 Å². The van der Waals surface area contributed by atoms with Crippen LogP contribution in [0, 0.1) is 13.8 Å². The van der Waals surface area contributed by atoms with Crippen LogP contribution in [0.25, 0.3) is 0 Å². The second-order valence-electron chi connectivity index (χ2n) is 4.96. The van der Waals surface area contributed by atoms with Crippen molar-refractivity contribution in [2.75, 3.05) is 0 Å². The van der Waals surface area contributed by atoms with E-state index in [0.717, 1.165) is 11.1 Å². The molecule has 0 atom stereocenters. The predicted octanol–water partition coefficient (Wildman–Crippen LogP) is 2.31. The van der Waals surface area contributed by atoms with E-state index < -0.39 is 0 Å². The number of nitrogens with one attached hydrogen (secondary N) is 2. The van der Waals surface area contributed by atoms with Crippen molar-refractivity contribution in [1.82, 2.24) is 10.9 Å². The molecule has 0 heterocycles. The molecule has 4 heteroatoms. The van der Waals surface area contributed by atoms with E-state index in [1.54, 1.807) is 24.3 Å². The highest BCUT2D eigenvalue weighted by atomic mass is 16.2. The lowest BCUT2D eigenvalue weighted by Gasteiger charge is -2.08. The lowest BCUT2D eigenvalue weighted by Crippen LogP contribution is -2.42. The summed E-state index contributed by atoms with van der Waals surface area (Å²) >= 11 is 0. The Morgan fingerprint density at radius 2 is 1.62 bits per heavy atom. The topological polar surface area (TPSA) is 58.2 Å². The van der Waals surface area contributed by atoms with Gasteiger partial charge in [-0.3, -0.25) is 20.4 Å². The van der Waals surface area contributed by atoms with Gasteiger partial charge in [-0.2, -0.15) is 0 Å². The number of hydrazine groups is 1. The summed E-state index contributed by atoms with van der Waals surface area (Å²) in [5, 5.41) is 0. The quantitative estimate of drug-likeness (QED) is 0.849. The first kappa shape index (κ1) is 14.8. The minimum Gasteiger partial charge on any atom is -0.273 e. The Morgan fingerprint density at radius 3 is 2.29 bits per heavy atom. The van der Waals surface area contributed by atoms with Crippen LogP contribution in [-0.2, 0) is 11.2 Å². The van der Waals surface area contributed by atoms with Crippen molar-refractivity contribution in [2.45, 2.75) is 20.3 Å². The van der Waals surface area contributed by atoms with Gasteiger partial charge in [0.15, 0.2) is 0 Å². The summed E-state index contributed by atoms with van der Waals surface area (Å²) < 4.78 is 0. The van der Waals surface area contributed by atoms with Crippen molar-refractivity contribution in [2.24, 2.45) is 0 Å². The van der Waals surface area contributed by atoms with Crippen molar-refractivity contribution in [3.63, 3.8) is 0 Å². The third-order valence-corrected chi connectivity index (χ3v) is 3.29. The monoisotopic (exact) mass is 282 g/mol. The van der Waals surface area contributed by atoms with Gasteiger partial charge in [0.1, 0.15) is 0 Å². The van der Waals surface area contributed by atoms with Gasteiger partial charge in [-0.25, -0.2) is 0 Å². The zero-order valence-electron chi connectivity index (χ0n) is 12.1. The number of aryl methyl sites for hydroxylation is 2. The van der Waals surface area contributed by atoms with Gasteiger partial charge in [0, 0.05) is 5.56 Å². The van der Waals surface area contributed by atoms with E-state index in [1.807, 2.05) is 38.1 Å². The molecule has 4 nitrogen and oxygen atoms in total. The summed E-state index contributed by atoms with van der Waals surface area (Å²) in [6.07, 6.45) is 0.232. The van der Waals surface area contributed by atoms with E-state index in [4.69, 9.17) is 0 Å². The third kappa shape index (κ3) is 4.18. The summed E-state index contributed by atoms with van der Waals surface area (Å²) in [5.41, 5.74) is 8.59. The van der Waals surface area contributed by atoms with Gasteiger partial charge in [0.05, 0.1) is 6.42 Å². The van der Waals surface area contributed by atoms with Crippen LogP contribution in [0.15, 0.2) is 48.5 Å². The largest absolute Gasteiger partial charge is 0.273 e. The molecule has 0 saturated carbocycles. The number of carbonyl (C=O) groups excluding carboxylic acids is 2. The molecule has 0 aliphatic heterocycles. The van der Waals surface area contributed by atoms with E-state index in [1.165, 1.54) is 5.56 Å². The Labute approximate surface area is 124 Å². The Bertz CT molecular complexity index is 651. The van der Waals surface area contributed by atoms with E-state index in [9.17, 15) is 9.59 Å². The molecule has 0 aliphatic rings. The predicted molar refractivity (Wildman–Crippen MR) is 81.7 cm³/mol. The zero-order valence-corrected chi connectivity index (χ0v) is 12.1. The zero-order chi connectivity index (χ0) is 15.2. The van der Waals surface area contributed by atoms with Crippen molar-refractivity contribution in [1.29, 1.82) is 0 Å². The Morgan fingerprint density at radius 1 is 0.905 bits per heavy atom. The highest BCUT2D eigenvalue weighted by Crippen LogP contribution is 2.10. The average molecular weight is 282 g/mol. The van der Waals surface area contributed by atoms with Crippen molar-refractivity contribution in [3.8, 4) is 0 Å². The first-order chi connectivity index (χ1) is 10.1. The molecule has 2 N–H and O–H groups in total. The van der Waals surface area contributed by atoms with Crippen LogP contribution >= 0.6 is 0 Å². The van der Waals surface area contributed by atoms with Crippen LogP contribution in [0.1, 0.15) is 27.0 Å². The molecule has 0 spiro atoms. The van der Waals surface area contributed by atoms with Gasteiger partial charge >= 0.3 is 0 Å². The number of benzene rings is 2. The molecule has 0 aromatic heterocycles. The highest BCUT2D eigenvalue weighted by Gasteiger charge is 2.07.